The van der Waals surface area contributed by atoms with Crippen LogP contribution >= 0.6 is 0 Å². The van der Waals surface area contributed by atoms with Crippen LogP contribution in [0.15, 0.2) is 4.52 Å². The van der Waals surface area contributed by atoms with Gasteiger partial charge in [0.25, 0.3) is 0 Å². The molecule has 0 radical (unpaired) electrons. The Labute approximate surface area is 91.2 Å². The summed E-state index contributed by atoms with van der Waals surface area (Å²) >= 11 is 0. The first-order valence-electron chi connectivity index (χ1n) is 5.53. The fraction of sp³-hybridized carbons (Fsp3) is 0.818. The molecule has 1 aromatic rings. The minimum atomic E-state index is -0.170. The van der Waals surface area contributed by atoms with Crippen LogP contribution in [0, 0.1) is 5.41 Å². The van der Waals surface area contributed by atoms with Crippen molar-refractivity contribution in [1.29, 1.82) is 0 Å². The second-order valence-electron chi connectivity index (χ2n) is 4.99. The molecule has 0 aliphatic rings. The van der Waals surface area contributed by atoms with Gasteiger partial charge in [-0.25, -0.2) is 0 Å². The lowest BCUT2D eigenvalue weighted by Crippen LogP contribution is -2.27. The van der Waals surface area contributed by atoms with Gasteiger partial charge in [0, 0.05) is 6.42 Å². The van der Waals surface area contributed by atoms with Crippen molar-refractivity contribution < 1.29 is 4.52 Å². The number of hydrogen-bond acceptors (Lipinski definition) is 4. The lowest BCUT2D eigenvalue weighted by molar-refractivity contribution is 0.300. The van der Waals surface area contributed by atoms with Gasteiger partial charge in [-0.3, -0.25) is 0 Å². The smallest absolute Gasteiger partial charge is 0.226 e. The van der Waals surface area contributed by atoms with Crippen molar-refractivity contribution in [2.45, 2.75) is 53.0 Å². The van der Waals surface area contributed by atoms with Crippen LogP contribution in [0.25, 0.3) is 0 Å². The highest BCUT2D eigenvalue weighted by Gasteiger charge is 2.26. The van der Waals surface area contributed by atoms with E-state index in [0.29, 0.717) is 11.7 Å². The van der Waals surface area contributed by atoms with Gasteiger partial charge in [-0.15, -0.1) is 0 Å². The molecule has 0 saturated carbocycles. The molecule has 1 aromatic heterocycles. The molecule has 1 heterocycles. The van der Waals surface area contributed by atoms with E-state index in [9.17, 15) is 0 Å². The van der Waals surface area contributed by atoms with E-state index in [1.54, 1.807) is 0 Å². The van der Waals surface area contributed by atoms with Crippen LogP contribution in [0.4, 0.5) is 0 Å². The first-order chi connectivity index (χ1) is 6.95. The van der Waals surface area contributed by atoms with E-state index in [1.165, 1.54) is 0 Å². The molecule has 1 unspecified atom stereocenters. The Kier molecular flexibility index (Phi) is 3.85. The number of nitrogens with zero attached hydrogens (tertiary/aromatic N) is 2. The molecule has 15 heavy (non-hydrogen) atoms. The van der Waals surface area contributed by atoms with Gasteiger partial charge in [-0.1, -0.05) is 39.3 Å². The van der Waals surface area contributed by atoms with Crippen molar-refractivity contribution >= 4 is 0 Å². The quantitative estimate of drug-likeness (QED) is 0.830. The minimum absolute atomic E-state index is 0.0358. The van der Waals surface area contributed by atoms with E-state index in [-0.39, 0.29) is 11.5 Å². The van der Waals surface area contributed by atoms with E-state index in [1.807, 2.05) is 0 Å². The van der Waals surface area contributed by atoms with Crippen LogP contribution in [0.2, 0.25) is 0 Å². The van der Waals surface area contributed by atoms with Gasteiger partial charge in [-0.05, 0) is 11.8 Å². The maximum atomic E-state index is 6.03. The summed E-state index contributed by atoms with van der Waals surface area (Å²) in [5, 5.41) is 3.92. The van der Waals surface area contributed by atoms with Crippen molar-refractivity contribution in [1.82, 2.24) is 10.1 Å². The largest absolute Gasteiger partial charge is 0.339 e. The topological polar surface area (TPSA) is 64.9 Å². The van der Waals surface area contributed by atoms with E-state index < -0.39 is 0 Å². The molecule has 0 fully saturated rings. The van der Waals surface area contributed by atoms with Crippen molar-refractivity contribution in [3.8, 4) is 0 Å². The number of hydrogen-bond donors (Lipinski definition) is 1. The lowest BCUT2D eigenvalue weighted by atomic mass is 9.87. The molecular formula is C11H21N3O. The van der Waals surface area contributed by atoms with Crippen molar-refractivity contribution in [2.24, 2.45) is 11.1 Å². The summed E-state index contributed by atoms with van der Waals surface area (Å²) in [5.41, 5.74) is 5.99. The normalized spacial score (nSPS) is 14.2. The predicted octanol–water partition coefficient (Wildman–Crippen LogP) is 2.46. The highest BCUT2D eigenvalue weighted by molar-refractivity contribution is 4.97. The molecule has 86 valence electrons. The third kappa shape index (κ3) is 3.30. The highest BCUT2D eigenvalue weighted by Crippen LogP contribution is 2.28. The number of aromatic nitrogens is 2. The van der Waals surface area contributed by atoms with Crippen LogP contribution in [0.1, 0.15) is 58.3 Å². The van der Waals surface area contributed by atoms with E-state index in [0.717, 1.165) is 19.3 Å². The monoisotopic (exact) mass is 211 g/mol. The lowest BCUT2D eigenvalue weighted by Gasteiger charge is -2.23. The van der Waals surface area contributed by atoms with E-state index in [4.69, 9.17) is 10.3 Å². The van der Waals surface area contributed by atoms with Gasteiger partial charge in [0.2, 0.25) is 5.89 Å². The maximum Gasteiger partial charge on any atom is 0.226 e. The van der Waals surface area contributed by atoms with Gasteiger partial charge in [0.15, 0.2) is 5.82 Å². The summed E-state index contributed by atoms with van der Waals surface area (Å²) in [6.07, 6.45) is 3.05. The Bertz CT molecular complexity index is 301. The Hall–Kier alpha value is -0.900. The average Bonchev–Trinajstić information content (AvgIpc) is 2.60. The van der Waals surface area contributed by atoms with Gasteiger partial charge in [0.1, 0.15) is 0 Å². The first kappa shape index (κ1) is 12.2. The van der Waals surface area contributed by atoms with Crippen molar-refractivity contribution in [2.75, 3.05) is 0 Å². The van der Waals surface area contributed by atoms with Crippen LogP contribution < -0.4 is 5.73 Å². The second-order valence-corrected chi connectivity index (χ2v) is 4.99. The number of unbranched alkanes of at least 4 members (excludes halogenated alkanes) is 1. The van der Waals surface area contributed by atoms with Crippen LogP contribution in [0.5, 0.6) is 0 Å². The van der Waals surface area contributed by atoms with Crippen LogP contribution in [-0.2, 0) is 6.42 Å². The molecule has 0 aliphatic heterocycles. The molecule has 0 amide bonds. The molecule has 4 nitrogen and oxygen atoms in total. The standard InChI is InChI=1S/C11H21N3O/c1-5-6-7-8-13-10(14-15-8)9(12)11(2,3)4/h9H,5-7,12H2,1-4H3. The summed E-state index contributed by atoms with van der Waals surface area (Å²) < 4.78 is 5.14. The fourth-order valence-electron chi connectivity index (χ4n) is 1.21. The van der Waals surface area contributed by atoms with E-state index >= 15 is 0 Å². The zero-order chi connectivity index (χ0) is 11.5. The Morgan fingerprint density at radius 3 is 2.60 bits per heavy atom. The Morgan fingerprint density at radius 2 is 2.07 bits per heavy atom. The van der Waals surface area contributed by atoms with Crippen LogP contribution in [0.3, 0.4) is 0 Å². The van der Waals surface area contributed by atoms with Gasteiger partial charge < -0.3 is 10.3 Å². The summed E-state index contributed by atoms with van der Waals surface area (Å²) in [6, 6.07) is -0.170. The Morgan fingerprint density at radius 1 is 1.40 bits per heavy atom. The van der Waals surface area contributed by atoms with E-state index in [2.05, 4.69) is 37.8 Å². The molecule has 1 rings (SSSR count). The molecule has 0 aliphatic carbocycles. The number of nitrogens with two attached hydrogens (primary N) is 1. The molecule has 4 heteroatoms. The molecule has 1 atom stereocenters. The summed E-state index contributed by atoms with van der Waals surface area (Å²) in [4.78, 5) is 4.31. The summed E-state index contributed by atoms with van der Waals surface area (Å²) in [7, 11) is 0. The summed E-state index contributed by atoms with van der Waals surface area (Å²) in [6.45, 7) is 8.34. The number of rotatable bonds is 4. The van der Waals surface area contributed by atoms with Gasteiger partial charge in [0.05, 0.1) is 6.04 Å². The van der Waals surface area contributed by atoms with Gasteiger partial charge >= 0.3 is 0 Å². The second kappa shape index (κ2) is 4.75. The molecule has 0 spiro atoms. The molecule has 2 N–H and O–H groups in total. The number of aryl methyl sites for hydroxylation is 1. The van der Waals surface area contributed by atoms with Gasteiger partial charge in [-0.2, -0.15) is 4.98 Å². The van der Waals surface area contributed by atoms with Crippen LogP contribution in [-0.4, -0.2) is 10.1 Å². The van der Waals surface area contributed by atoms with Crippen molar-refractivity contribution in [3.63, 3.8) is 0 Å². The minimum Gasteiger partial charge on any atom is -0.339 e. The maximum absolute atomic E-state index is 6.03. The average molecular weight is 211 g/mol. The Balaban J connectivity index is 2.67. The zero-order valence-corrected chi connectivity index (χ0v) is 10.1. The molecular weight excluding hydrogens is 190 g/mol. The SMILES string of the molecule is CCCCc1nc(C(N)C(C)(C)C)no1. The fourth-order valence-corrected chi connectivity index (χ4v) is 1.21. The molecule has 0 bridgehead atoms. The molecule has 0 aromatic carbocycles. The molecule has 0 saturated heterocycles. The van der Waals surface area contributed by atoms with Crippen molar-refractivity contribution in [3.05, 3.63) is 11.7 Å². The zero-order valence-electron chi connectivity index (χ0n) is 10.1. The highest BCUT2D eigenvalue weighted by atomic mass is 16.5. The summed E-state index contributed by atoms with van der Waals surface area (Å²) in [5.74, 6) is 1.32. The third-order valence-corrected chi connectivity index (χ3v) is 2.44. The first-order valence-corrected chi connectivity index (χ1v) is 5.53. The third-order valence-electron chi connectivity index (χ3n) is 2.44. The predicted molar refractivity (Wildman–Crippen MR) is 59.3 cm³/mol.